The van der Waals surface area contributed by atoms with Crippen LogP contribution in [-0.2, 0) is 13.5 Å². The lowest BCUT2D eigenvalue weighted by Crippen LogP contribution is -1.95. The van der Waals surface area contributed by atoms with Gasteiger partial charge in [0.1, 0.15) is 5.69 Å². The van der Waals surface area contributed by atoms with Crippen LogP contribution in [0.25, 0.3) is 11.5 Å². The molecule has 20 heavy (non-hydrogen) atoms. The van der Waals surface area contributed by atoms with Crippen molar-refractivity contribution in [3.63, 3.8) is 0 Å². The molecule has 3 heterocycles. The molecule has 7 nitrogen and oxygen atoms in total. The zero-order valence-corrected chi connectivity index (χ0v) is 11.5. The van der Waals surface area contributed by atoms with Crippen molar-refractivity contribution >= 4 is 0 Å². The molecular formula is C13H14N6O. The van der Waals surface area contributed by atoms with E-state index in [9.17, 15) is 0 Å². The fourth-order valence-corrected chi connectivity index (χ4v) is 2.07. The van der Waals surface area contributed by atoms with Crippen LogP contribution in [0.15, 0.2) is 23.1 Å². The second-order valence-corrected chi connectivity index (χ2v) is 4.55. The summed E-state index contributed by atoms with van der Waals surface area (Å²) >= 11 is 0. The van der Waals surface area contributed by atoms with Gasteiger partial charge >= 0.3 is 0 Å². The third-order valence-electron chi connectivity index (χ3n) is 3.25. The standard InChI is InChI=1S/C13H14N6O/c1-8-10(9(2)19(3)17-8)6-12-16-13(18-20-12)11-7-14-4-5-15-11/h4-5,7H,6H2,1-3H3. The minimum absolute atomic E-state index is 0.451. The summed E-state index contributed by atoms with van der Waals surface area (Å²) in [4.78, 5) is 12.5. The lowest BCUT2D eigenvalue weighted by molar-refractivity contribution is 0.385. The van der Waals surface area contributed by atoms with Crippen LogP contribution >= 0.6 is 0 Å². The Morgan fingerprint density at radius 1 is 1.25 bits per heavy atom. The Labute approximate surface area is 115 Å². The molecule has 0 unspecified atom stereocenters. The summed E-state index contributed by atoms with van der Waals surface area (Å²) in [7, 11) is 1.92. The van der Waals surface area contributed by atoms with Gasteiger partial charge in [0.2, 0.25) is 11.7 Å². The van der Waals surface area contributed by atoms with Crippen molar-refractivity contribution in [3.8, 4) is 11.5 Å². The Hall–Kier alpha value is -2.57. The Bertz CT molecular complexity index is 731. The molecule has 0 fully saturated rings. The second kappa shape index (κ2) is 4.84. The van der Waals surface area contributed by atoms with E-state index >= 15 is 0 Å². The molecule has 0 amide bonds. The summed E-state index contributed by atoms with van der Waals surface area (Å²) in [6, 6.07) is 0. The smallest absolute Gasteiger partial charge is 0.231 e. The molecule has 3 rings (SSSR count). The van der Waals surface area contributed by atoms with Gasteiger partial charge in [-0.15, -0.1) is 0 Å². The highest BCUT2D eigenvalue weighted by Crippen LogP contribution is 2.18. The summed E-state index contributed by atoms with van der Waals surface area (Å²) in [5.74, 6) is 0.997. The van der Waals surface area contributed by atoms with E-state index in [-0.39, 0.29) is 0 Å². The molecule has 0 aliphatic heterocycles. The monoisotopic (exact) mass is 270 g/mol. The summed E-state index contributed by atoms with van der Waals surface area (Å²) in [6.07, 6.45) is 5.38. The number of nitrogens with zero attached hydrogens (tertiary/aromatic N) is 6. The largest absolute Gasteiger partial charge is 0.339 e. The lowest BCUT2D eigenvalue weighted by atomic mass is 10.1. The molecule has 0 N–H and O–H groups in total. The summed E-state index contributed by atoms with van der Waals surface area (Å²) < 4.78 is 7.13. The minimum Gasteiger partial charge on any atom is -0.339 e. The second-order valence-electron chi connectivity index (χ2n) is 4.55. The summed E-state index contributed by atoms with van der Waals surface area (Å²) in [5, 5.41) is 8.31. The molecule has 0 saturated carbocycles. The number of hydrogen-bond acceptors (Lipinski definition) is 6. The van der Waals surface area contributed by atoms with Gasteiger partial charge in [-0.25, -0.2) is 4.98 Å². The van der Waals surface area contributed by atoms with Crippen LogP contribution in [0, 0.1) is 13.8 Å². The third kappa shape index (κ3) is 2.18. The quantitative estimate of drug-likeness (QED) is 0.716. The van der Waals surface area contributed by atoms with Gasteiger partial charge in [0.15, 0.2) is 0 Å². The van der Waals surface area contributed by atoms with Crippen molar-refractivity contribution in [2.75, 3.05) is 0 Å². The van der Waals surface area contributed by atoms with Crippen LogP contribution in [0.2, 0.25) is 0 Å². The molecule has 3 aromatic rings. The Kier molecular flexibility index (Phi) is 3.02. The van der Waals surface area contributed by atoms with E-state index < -0.39 is 0 Å². The zero-order chi connectivity index (χ0) is 14.1. The van der Waals surface area contributed by atoms with Crippen molar-refractivity contribution in [2.45, 2.75) is 20.3 Å². The van der Waals surface area contributed by atoms with Crippen LogP contribution in [-0.4, -0.2) is 29.9 Å². The predicted octanol–water partition coefficient (Wildman–Crippen LogP) is 1.47. The molecule has 0 bridgehead atoms. The van der Waals surface area contributed by atoms with Crippen LogP contribution < -0.4 is 0 Å². The van der Waals surface area contributed by atoms with E-state index in [1.807, 2.05) is 25.6 Å². The normalized spacial score (nSPS) is 10.9. The fourth-order valence-electron chi connectivity index (χ4n) is 2.07. The molecule has 0 aliphatic carbocycles. The molecule has 7 heteroatoms. The summed E-state index contributed by atoms with van der Waals surface area (Å²) in [5.41, 5.74) is 3.79. The van der Waals surface area contributed by atoms with E-state index in [2.05, 4.69) is 25.2 Å². The maximum absolute atomic E-state index is 5.28. The fraction of sp³-hybridized carbons (Fsp3) is 0.308. The average Bonchev–Trinajstić information content (AvgIpc) is 3.01. The average molecular weight is 270 g/mol. The van der Waals surface area contributed by atoms with E-state index in [0.717, 1.165) is 17.0 Å². The Morgan fingerprint density at radius 2 is 2.10 bits per heavy atom. The minimum atomic E-state index is 0.451. The van der Waals surface area contributed by atoms with Crippen molar-refractivity contribution in [3.05, 3.63) is 41.4 Å². The van der Waals surface area contributed by atoms with Gasteiger partial charge in [-0.1, -0.05) is 5.16 Å². The number of hydrogen-bond donors (Lipinski definition) is 0. The molecule has 3 aromatic heterocycles. The maximum Gasteiger partial charge on any atom is 0.231 e. The van der Waals surface area contributed by atoms with E-state index in [1.165, 1.54) is 0 Å². The predicted molar refractivity (Wildman–Crippen MR) is 70.8 cm³/mol. The third-order valence-corrected chi connectivity index (χ3v) is 3.25. The van der Waals surface area contributed by atoms with E-state index in [4.69, 9.17) is 4.52 Å². The molecule has 0 atom stereocenters. The molecule has 0 spiro atoms. The number of rotatable bonds is 3. The first kappa shape index (κ1) is 12.5. The van der Waals surface area contributed by atoms with Gasteiger partial charge in [0, 0.05) is 30.7 Å². The first-order valence-electron chi connectivity index (χ1n) is 6.23. The SMILES string of the molecule is Cc1nn(C)c(C)c1Cc1nc(-c2cnccn2)no1. The number of aryl methyl sites for hydroxylation is 2. The molecule has 0 aromatic carbocycles. The van der Waals surface area contributed by atoms with Crippen LogP contribution in [0.4, 0.5) is 0 Å². The highest BCUT2D eigenvalue weighted by molar-refractivity contribution is 5.45. The highest BCUT2D eigenvalue weighted by atomic mass is 16.5. The molecule has 0 radical (unpaired) electrons. The van der Waals surface area contributed by atoms with Crippen molar-refractivity contribution in [1.29, 1.82) is 0 Å². The van der Waals surface area contributed by atoms with Gasteiger partial charge < -0.3 is 4.52 Å². The van der Waals surface area contributed by atoms with Crippen LogP contribution in [0.3, 0.4) is 0 Å². The van der Waals surface area contributed by atoms with Gasteiger partial charge in [-0.2, -0.15) is 10.1 Å². The molecular weight excluding hydrogens is 256 g/mol. The first-order chi connectivity index (χ1) is 9.65. The van der Waals surface area contributed by atoms with Crippen molar-refractivity contribution in [2.24, 2.45) is 7.05 Å². The topological polar surface area (TPSA) is 82.5 Å². The van der Waals surface area contributed by atoms with Gasteiger partial charge in [-0.05, 0) is 13.8 Å². The number of aromatic nitrogens is 6. The Balaban J connectivity index is 1.88. The van der Waals surface area contributed by atoms with Gasteiger partial charge in [-0.3, -0.25) is 9.67 Å². The van der Waals surface area contributed by atoms with Crippen molar-refractivity contribution < 1.29 is 4.52 Å². The Morgan fingerprint density at radius 3 is 2.75 bits per heavy atom. The zero-order valence-electron chi connectivity index (χ0n) is 11.5. The maximum atomic E-state index is 5.28. The van der Waals surface area contributed by atoms with E-state index in [0.29, 0.717) is 23.8 Å². The van der Waals surface area contributed by atoms with Gasteiger partial charge in [0.05, 0.1) is 18.3 Å². The van der Waals surface area contributed by atoms with Gasteiger partial charge in [0.25, 0.3) is 0 Å². The van der Waals surface area contributed by atoms with Crippen molar-refractivity contribution in [1.82, 2.24) is 29.9 Å². The molecule has 102 valence electrons. The van der Waals surface area contributed by atoms with E-state index in [1.54, 1.807) is 18.6 Å². The summed E-state index contributed by atoms with van der Waals surface area (Å²) in [6.45, 7) is 4.00. The molecule has 0 aliphatic rings. The lowest BCUT2D eigenvalue weighted by Gasteiger charge is -1.97. The first-order valence-corrected chi connectivity index (χ1v) is 6.23. The molecule has 0 saturated heterocycles. The highest BCUT2D eigenvalue weighted by Gasteiger charge is 2.15. The van der Waals surface area contributed by atoms with Crippen LogP contribution in [0.1, 0.15) is 22.8 Å². The van der Waals surface area contributed by atoms with Crippen LogP contribution in [0.5, 0.6) is 0 Å².